The number of carboxylic acids is 1. The van der Waals surface area contributed by atoms with E-state index in [0.29, 0.717) is 5.88 Å². The van der Waals surface area contributed by atoms with Gasteiger partial charge in [0.1, 0.15) is 12.3 Å². The Bertz CT molecular complexity index is 489. The first-order valence-electron chi connectivity index (χ1n) is 4.64. The van der Waals surface area contributed by atoms with Crippen LogP contribution >= 0.6 is 0 Å². The summed E-state index contributed by atoms with van der Waals surface area (Å²) in [6, 6.07) is 6.92. The summed E-state index contributed by atoms with van der Waals surface area (Å²) in [6.07, 6.45) is 1.60. The minimum Gasteiger partial charge on any atom is -0.480 e. The molecule has 2 N–H and O–H groups in total. The standard InChI is InChI=1S/C11H11NO3/c1-7(11(13)14)12-10-9-5-3-2-4-8(9)6-15-10/h2-7,12H,1H3,(H,13,14). The highest BCUT2D eigenvalue weighted by Gasteiger charge is 2.13. The molecule has 1 unspecified atom stereocenters. The van der Waals surface area contributed by atoms with Crippen molar-refractivity contribution in [2.45, 2.75) is 13.0 Å². The first kappa shape index (κ1) is 9.58. The molecule has 2 rings (SSSR count). The summed E-state index contributed by atoms with van der Waals surface area (Å²) in [5.74, 6) is -0.406. The number of furan rings is 1. The third-order valence-electron chi connectivity index (χ3n) is 2.23. The van der Waals surface area contributed by atoms with Gasteiger partial charge in [0, 0.05) is 10.8 Å². The molecule has 15 heavy (non-hydrogen) atoms. The number of hydrogen-bond donors (Lipinski definition) is 2. The Hall–Kier alpha value is -1.97. The molecule has 0 aliphatic heterocycles. The summed E-state index contributed by atoms with van der Waals surface area (Å²) < 4.78 is 5.26. The number of nitrogens with one attached hydrogen (secondary N) is 1. The Morgan fingerprint density at radius 2 is 2.20 bits per heavy atom. The van der Waals surface area contributed by atoms with Gasteiger partial charge >= 0.3 is 5.97 Å². The van der Waals surface area contributed by atoms with E-state index in [1.807, 2.05) is 24.3 Å². The molecule has 0 aliphatic carbocycles. The molecule has 0 saturated heterocycles. The van der Waals surface area contributed by atoms with E-state index in [4.69, 9.17) is 9.52 Å². The zero-order chi connectivity index (χ0) is 10.8. The second kappa shape index (κ2) is 3.65. The maximum Gasteiger partial charge on any atom is 0.325 e. The molecule has 1 aromatic heterocycles. The lowest BCUT2D eigenvalue weighted by Gasteiger charge is -2.07. The second-order valence-corrected chi connectivity index (χ2v) is 3.36. The summed E-state index contributed by atoms with van der Waals surface area (Å²) in [5.41, 5.74) is 0. The molecule has 0 aliphatic rings. The van der Waals surface area contributed by atoms with Crippen LogP contribution in [-0.2, 0) is 4.79 Å². The number of carbonyl (C=O) groups is 1. The maximum absolute atomic E-state index is 10.7. The molecular formula is C11H11NO3. The summed E-state index contributed by atoms with van der Waals surface area (Å²) in [6.45, 7) is 1.57. The lowest BCUT2D eigenvalue weighted by molar-refractivity contribution is -0.137. The van der Waals surface area contributed by atoms with Gasteiger partial charge in [0.05, 0.1) is 0 Å². The van der Waals surface area contributed by atoms with Crippen molar-refractivity contribution >= 4 is 22.6 Å². The van der Waals surface area contributed by atoms with Crippen LogP contribution in [0.3, 0.4) is 0 Å². The van der Waals surface area contributed by atoms with Gasteiger partial charge in [0.15, 0.2) is 0 Å². The van der Waals surface area contributed by atoms with Crippen LogP contribution in [0.2, 0.25) is 0 Å². The van der Waals surface area contributed by atoms with Crippen molar-refractivity contribution in [1.82, 2.24) is 0 Å². The van der Waals surface area contributed by atoms with Gasteiger partial charge in [-0.3, -0.25) is 4.79 Å². The predicted octanol–water partition coefficient (Wildman–Crippen LogP) is 2.32. The van der Waals surface area contributed by atoms with Gasteiger partial charge in [-0.25, -0.2) is 0 Å². The van der Waals surface area contributed by atoms with Gasteiger partial charge in [0.2, 0.25) is 5.88 Å². The van der Waals surface area contributed by atoms with Crippen LogP contribution in [0.1, 0.15) is 6.92 Å². The highest BCUT2D eigenvalue weighted by atomic mass is 16.4. The van der Waals surface area contributed by atoms with Gasteiger partial charge in [-0.1, -0.05) is 18.2 Å². The normalized spacial score (nSPS) is 12.6. The van der Waals surface area contributed by atoms with E-state index in [1.165, 1.54) is 0 Å². The molecule has 2 aromatic rings. The Morgan fingerprint density at radius 3 is 2.93 bits per heavy atom. The largest absolute Gasteiger partial charge is 0.480 e. The monoisotopic (exact) mass is 205 g/mol. The molecule has 4 nitrogen and oxygen atoms in total. The number of fused-ring (bicyclic) bond motifs is 1. The first-order valence-corrected chi connectivity index (χ1v) is 4.64. The summed E-state index contributed by atoms with van der Waals surface area (Å²) in [7, 11) is 0. The van der Waals surface area contributed by atoms with E-state index in [9.17, 15) is 4.79 Å². The highest BCUT2D eigenvalue weighted by Crippen LogP contribution is 2.25. The quantitative estimate of drug-likeness (QED) is 0.807. The minimum atomic E-state index is -0.907. The average Bonchev–Trinajstić information content (AvgIpc) is 2.62. The lowest BCUT2D eigenvalue weighted by atomic mass is 10.2. The van der Waals surface area contributed by atoms with Gasteiger partial charge < -0.3 is 14.8 Å². The third-order valence-corrected chi connectivity index (χ3v) is 2.23. The Labute approximate surface area is 86.5 Å². The van der Waals surface area contributed by atoms with Crippen molar-refractivity contribution < 1.29 is 14.3 Å². The van der Waals surface area contributed by atoms with Crippen LogP contribution in [0.5, 0.6) is 0 Å². The van der Waals surface area contributed by atoms with Crippen LogP contribution in [0.25, 0.3) is 10.8 Å². The van der Waals surface area contributed by atoms with Gasteiger partial charge in [0.25, 0.3) is 0 Å². The smallest absolute Gasteiger partial charge is 0.325 e. The second-order valence-electron chi connectivity index (χ2n) is 3.36. The van der Waals surface area contributed by atoms with Crippen molar-refractivity contribution in [2.24, 2.45) is 0 Å². The van der Waals surface area contributed by atoms with Crippen molar-refractivity contribution in [2.75, 3.05) is 5.32 Å². The minimum absolute atomic E-state index is 0.500. The predicted molar refractivity (Wildman–Crippen MR) is 56.9 cm³/mol. The Balaban J connectivity index is 2.32. The zero-order valence-corrected chi connectivity index (χ0v) is 8.23. The van der Waals surface area contributed by atoms with E-state index >= 15 is 0 Å². The fourth-order valence-electron chi connectivity index (χ4n) is 1.36. The lowest BCUT2D eigenvalue weighted by Crippen LogP contribution is -2.25. The number of benzene rings is 1. The molecule has 0 spiro atoms. The Morgan fingerprint density at radius 1 is 1.47 bits per heavy atom. The number of rotatable bonds is 3. The van der Waals surface area contributed by atoms with E-state index in [0.717, 1.165) is 10.8 Å². The summed E-state index contributed by atoms with van der Waals surface area (Å²) in [4.78, 5) is 10.7. The molecule has 0 amide bonds. The maximum atomic E-state index is 10.7. The zero-order valence-electron chi connectivity index (χ0n) is 8.23. The fourth-order valence-corrected chi connectivity index (χ4v) is 1.36. The third kappa shape index (κ3) is 1.79. The molecular weight excluding hydrogens is 194 g/mol. The van der Waals surface area contributed by atoms with Crippen LogP contribution in [0.4, 0.5) is 5.88 Å². The van der Waals surface area contributed by atoms with Gasteiger partial charge in [-0.2, -0.15) is 0 Å². The number of carboxylic acid groups (broad SMARTS) is 1. The van der Waals surface area contributed by atoms with E-state index in [2.05, 4.69) is 5.32 Å². The SMILES string of the molecule is CC(Nc1occ2ccccc12)C(=O)O. The molecule has 0 fully saturated rings. The van der Waals surface area contributed by atoms with Crippen LogP contribution in [-0.4, -0.2) is 17.1 Å². The van der Waals surface area contributed by atoms with Crippen LogP contribution < -0.4 is 5.32 Å². The van der Waals surface area contributed by atoms with Crippen molar-refractivity contribution in [3.05, 3.63) is 30.5 Å². The molecule has 0 bridgehead atoms. The number of aliphatic carboxylic acids is 1. The molecule has 4 heteroatoms. The average molecular weight is 205 g/mol. The van der Waals surface area contributed by atoms with Crippen molar-refractivity contribution in [3.8, 4) is 0 Å². The molecule has 0 radical (unpaired) electrons. The molecule has 78 valence electrons. The fraction of sp³-hybridized carbons (Fsp3) is 0.182. The summed E-state index contributed by atoms with van der Waals surface area (Å²) in [5, 5.41) is 13.4. The number of hydrogen-bond acceptors (Lipinski definition) is 3. The van der Waals surface area contributed by atoms with E-state index in [1.54, 1.807) is 13.2 Å². The highest BCUT2D eigenvalue weighted by molar-refractivity contribution is 5.92. The van der Waals surface area contributed by atoms with Crippen LogP contribution in [0.15, 0.2) is 34.9 Å². The van der Waals surface area contributed by atoms with Crippen LogP contribution in [0, 0.1) is 0 Å². The topological polar surface area (TPSA) is 62.5 Å². The number of anilines is 1. The van der Waals surface area contributed by atoms with Gasteiger partial charge in [-0.15, -0.1) is 0 Å². The van der Waals surface area contributed by atoms with Gasteiger partial charge in [-0.05, 0) is 13.0 Å². The van der Waals surface area contributed by atoms with Crippen molar-refractivity contribution in [1.29, 1.82) is 0 Å². The molecule has 1 aromatic carbocycles. The molecule has 1 heterocycles. The van der Waals surface area contributed by atoms with E-state index in [-0.39, 0.29) is 0 Å². The van der Waals surface area contributed by atoms with E-state index < -0.39 is 12.0 Å². The molecule has 1 atom stereocenters. The molecule has 0 saturated carbocycles. The Kier molecular flexibility index (Phi) is 2.33. The first-order chi connectivity index (χ1) is 7.18. The van der Waals surface area contributed by atoms with Crippen molar-refractivity contribution in [3.63, 3.8) is 0 Å². The summed E-state index contributed by atoms with van der Waals surface area (Å²) >= 11 is 0.